The lowest BCUT2D eigenvalue weighted by atomic mass is 9.32. The fraction of sp³-hybridized carbons (Fsp3) is 0.979. The van der Waals surface area contributed by atoms with Crippen LogP contribution in [0.25, 0.3) is 0 Å². The number of esters is 1. The highest BCUT2D eigenvalue weighted by atomic mass is 16.8. The third-order valence-corrected chi connectivity index (χ3v) is 20.0. The molecule has 0 radical (unpaired) electrons. The summed E-state index contributed by atoms with van der Waals surface area (Å²) in [6.45, 7) is 13.2. The van der Waals surface area contributed by atoms with E-state index in [4.69, 9.17) is 28.4 Å². The van der Waals surface area contributed by atoms with Crippen LogP contribution in [0.3, 0.4) is 0 Å². The molecule has 5 aliphatic carbocycles. The largest absolute Gasteiger partial charge is 0.432 e. The predicted octanol–water partition coefficient (Wildman–Crippen LogP) is -0.809. The van der Waals surface area contributed by atoms with E-state index in [1.165, 1.54) is 0 Å². The van der Waals surface area contributed by atoms with E-state index in [1.54, 1.807) is 13.8 Å². The maximum Gasteiger partial charge on any atom is 0.314 e. The maximum atomic E-state index is 14.7. The van der Waals surface area contributed by atoms with Crippen molar-refractivity contribution in [3.8, 4) is 0 Å². The van der Waals surface area contributed by atoms with Crippen molar-refractivity contribution in [2.75, 3.05) is 19.8 Å². The van der Waals surface area contributed by atoms with E-state index in [2.05, 4.69) is 34.6 Å². The molecular formula is C48H80O19. The Morgan fingerprint density at radius 3 is 1.70 bits per heavy atom. The van der Waals surface area contributed by atoms with E-state index in [9.17, 15) is 66.1 Å². The molecular weight excluding hydrogens is 881 g/mol. The molecule has 5 saturated carbocycles. The standard InChI is InChI=1S/C48H80O19/c1-43(2)26-11-14-47(7)27(45(26,5)13-12-28(43)65-41-38(35(57)32(54)25(20-51)64-41)66-39-36(58)33(55)30(52)23(18-49)62-39)9-8-22-29-21(44(3,4)61)10-15-48(29,17-16-46(22,47)6)42(60)67-40-37(59)34(56)31(53)24(19-50)63-40/h21-41,49-59,61H,8-20H2,1-7H3. The van der Waals surface area contributed by atoms with Crippen molar-refractivity contribution in [2.45, 2.75) is 216 Å². The number of carbonyl (C=O) groups is 1. The Morgan fingerprint density at radius 2 is 1.12 bits per heavy atom. The van der Waals surface area contributed by atoms with Crippen LogP contribution in [0.5, 0.6) is 0 Å². The smallest absolute Gasteiger partial charge is 0.314 e. The number of rotatable bonds is 10. The molecule has 0 bridgehead atoms. The Kier molecular flexibility index (Phi) is 14.3. The van der Waals surface area contributed by atoms with Crippen LogP contribution in [0.1, 0.15) is 113 Å². The van der Waals surface area contributed by atoms with Gasteiger partial charge in [-0.3, -0.25) is 4.79 Å². The number of hydrogen-bond acceptors (Lipinski definition) is 19. The maximum absolute atomic E-state index is 14.7. The van der Waals surface area contributed by atoms with Gasteiger partial charge >= 0.3 is 5.97 Å². The van der Waals surface area contributed by atoms with Gasteiger partial charge in [-0.05, 0) is 129 Å². The summed E-state index contributed by atoms with van der Waals surface area (Å²) in [5, 5.41) is 127. The van der Waals surface area contributed by atoms with E-state index in [-0.39, 0.29) is 45.8 Å². The Labute approximate surface area is 392 Å². The molecule has 3 saturated heterocycles. The van der Waals surface area contributed by atoms with Crippen LogP contribution in [0.2, 0.25) is 0 Å². The first kappa shape index (κ1) is 52.1. The van der Waals surface area contributed by atoms with Gasteiger partial charge in [0.1, 0.15) is 73.2 Å². The zero-order valence-corrected chi connectivity index (χ0v) is 40.0. The topological polar surface area (TPSA) is 315 Å². The van der Waals surface area contributed by atoms with Gasteiger partial charge in [0, 0.05) is 0 Å². The summed E-state index contributed by atoms with van der Waals surface area (Å²) in [5.41, 5.74) is -3.23. The summed E-state index contributed by atoms with van der Waals surface area (Å²) in [5.74, 6) is -0.631. The summed E-state index contributed by atoms with van der Waals surface area (Å²) in [7, 11) is 0. The van der Waals surface area contributed by atoms with Crippen molar-refractivity contribution in [3.05, 3.63) is 0 Å². The Bertz CT molecular complexity index is 1760. The van der Waals surface area contributed by atoms with Crippen LogP contribution in [0, 0.1) is 56.7 Å². The molecule has 25 unspecified atom stereocenters. The molecule has 0 aromatic rings. The number of carbonyl (C=O) groups excluding carboxylic acids is 1. The Morgan fingerprint density at radius 1 is 0.567 bits per heavy atom. The molecule has 8 rings (SSSR count). The molecule has 0 spiro atoms. The van der Waals surface area contributed by atoms with Crippen LogP contribution in [-0.2, 0) is 33.2 Å². The minimum atomic E-state index is -1.79. The summed E-state index contributed by atoms with van der Waals surface area (Å²) in [6.07, 6.45) is -16.8. The Balaban J connectivity index is 1.03. The summed E-state index contributed by atoms with van der Waals surface area (Å²) in [4.78, 5) is 14.7. The minimum Gasteiger partial charge on any atom is -0.432 e. The lowest BCUT2D eigenvalue weighted by molar-refractivity contribution is -0.378. The fourth-order valence-corrected chi connectivity index (χ4v) is 16.1. The van der Waals surface area contributed by atoms with Crippen LogP contribution < -0.4 is 0 Å². The quantitative estimate of drug-likeness (QED) is 0.0941. The molecule has 0 aromatic carbocycles. The number of ether oxygens (including phenoxy) is 6. The summed E-state index contributed by atoms with van der Waals surface area (Å²) in [6, 6.07) is 0. The molecule has 3 aliphatic heterocycles. The molecule has 3 heterocycles. The van der Waals surface area contributed by atoms with Crippen LogP contribution in [0.15, 0.2) is 0 Å². The van der Waals surface area contributed by atoms with E-state index < -0.39 is 140 Å². The van der Waals surface area contributed by atoms with Crippen molar-refractivity contribution in [1.29, 1.82) is 0 Å². The molecule has 25 atom stereocenters. The number of fused-ring (bicyclic) bond motifs is 7. The minimum absolute atomic E-state index is 0.0296. The third-order valence-electron chi connectivity index (χ3n) is 20.0. The molecule has 12 N–H and O–H groups in total. The molecule has 8 aliphatic rings. The highest BCUT2D eigenvalue weighted by molar-refractivity contribution is 5.78. The van der Waals surface area contributed by atoms with Crippen molar-refractivity contribution < 1.29 is 94.5 Å². The Hall–Kier alpha value is -1.21. The lowest BCUT2D eigenvalue weighted by Gasteiger charge is -2.73. The first-order valence-electron chi connectivity index (χ1n) is 24.7. The molecule has 0 aromatic heterocycles. The van der Waals surface area contributed by atoms with Crippen molar-refractivity contribution in [2.24, 2.45) is 56.7 Å². The fourth-order valence-electron chi connectivity index (χ4n) is 16.1. The van der Waals surface area contributed by atoms with E-state index in [1.807, 2.05) is 0 Å². The van der Waals surface area contributed by atoms with Gasteiger partial charge in [0.25, 0.3) is 0 Å². The van der Waals surface area contributed by atoms with Crippen molar-refractivity contribution >= 4 is 5.97 Å². The third kappa shape index (κ3) is 8.08. The number of hydrogen-bond donors (Lipinski definition) is 12. The molecule has 386 valence electrons. The van der Waals surface area contributed by atoms with Crippen LogP contribution >= 0.6 is 0 Å². The van der Waals surface area contributed by atoms with Gasteiger partial charge < -0.3 is 89.7 Å². The highest BCUT2D eigenvalue weighted by Gasteiger charge is 2.73. The van der Waals surface area contributed by atoms with Crippen LogP contribution in [0.4, 0.5) is 0 Å². The van der Waals surface area contributed by atoms with Gasteiger partial charge in [0.15, 0.2) is 12.6 Å². The summed E-state index contributed by atoms with van der Waals surface area (Å²) < 4.78 is 36.1. The first-order valence-corrected chi connectivity index (χ1v) is 24.7. The van der Waals surface area contributed by atoms with Gasteiger partial charge in [-0.25, -0.2) is 0 Å². The van der Waals surface area contributed by atoms with E-state index in [0.29, 0.717) is 32.1 Å². The van der Waals surface area contributed by atoms with Gasteiger partial charge in [-0.1, -0.05) is 34.6 Å². The highest BCUT2D eigenvalue weighted by Crippen LogP contribution is 2.78. The van der Waals surface area contributed by atoms with Gasteiger partial charge in [-0.15, -0.1) is 0 Å². The number of aliphatic hydroxyl groups excluding tert-OH is 11. The lowest BCUT2D eigenvalue weighted by Crippen LogP contribution is -2.68. The zero-order valence-electron chi connectivity index (χ0n) is 40.0. The second kappa shape index (κ2) is 18.4. The van der Waals surface area contributed by atoms with E-state index >= 15 is 0 Å². The molecule has 67 heavy (non-hydrogen) atoms. The van der Waals surface area contributed by atoms with Gasteiger partial charge in [-0.2, -0.15) is 0 Å². The predicted molar refractivity (Wildman–Crippen MR) is 232 cm³/mol. The van der Waals surface area contributed by atoms with Gasteiger partial charge in [0.05, 0.1) is 36.9 Å². The SMILES string of the molecule is CC(C)(O)C1CCC2(C(=O)OC3OC(CO)C(O)C(O)C3O)CCC3(C)C(CCC4C5(C)CCC(OC6OC(CO)C(O)C(O)C6OC6OC(CO)C(O)C(O)C6O)C(C)(C)C5CCC43C)C12. The van der Waals surface area contributed by atoms with Crippen molar-refractivity contribution in [3.63, 3.8) is 0 Å². The molecule has 8 fully saturated rings. The number of aliphatic hydroxyl groups is 12. The average Bonchev–Trinajstić information content (AvgIpc) is 3.69. The van der Waals surface area contributed by atoms with E-state index in [0.717, 1.165) is 32.1 Å². The van der Waals surface area contributed by atoms with Crippen molar-refractivity contribution in [1.82, 2.24) is 0 Å². The molecule has 0 amide bonds. The molecule has 19 nitrogen and oxygen atoms in total. The first-order chi connectivity index (χ1) is 31.3. The monoisotopic (exact) mass is 961 g/mol. The molecule has 19 heteroatoms. The summed E-state index contributed by atoms with van der Waals surface area (Å²) >= 11 is 0. The zero-order chi connectivity index (χ0) is 49.1. The second-order valence-corrected chi connectivity index (χ2v) is 23.7. The average molecular weight is 961 g/mol. The van der Waals surface area contributed by atoms with Gasteiger partial charge in [0.2, 0.25) is 6.29 Å². The van der Waals surface area contributed by atoms with Crippen LogP contribution in [-0.4, -0.2) is 191 Å². The second-order valence-electron chi connectivity index (χ2n) is 23.7. The normalized spacial score (nSPS) is 54.3.